The molecule has 1 saturated heterocycles. The van der Waals surface area contributed by atoms with Crippen molar-refractivity contribution < 1.29 is 23.8 Å². The summed E-state index contributed by atoms with van der Waals surface area (Å²) in [5.74, 6) is 1.09. The van der Waals surface area contributed by atoms with Gasteiger partial charge in [0.1, 0.15) is 0 Å². The number of oxime groups is 1. The Morgan fingerprint density at radius 3 is 2.54 bits per heavy atom. The molecule has 0 spiro atoms. The maximum Gasteiger partial charge on any atom is 0.338 e. The van der Waals surface area contributed by atoms with E-state index in [1.807, 2.05) is 36.4 Å². The molecule has 35 heavy (non-hydrogen) atoms. The molecule has 0 bridgehead atoms. The van der Waals surface area contributed by atoms with E-state index in [-0.39, 0.29) is 18.7 Å². The Labute approximate surface area is 208 Å². The average Bonchev–Trinajstić information content (AvgIpc) is 3.41. The molecule has 0 radical (unpaired) electrons. The molecule has 2 fully saturated rings. The summed E-state index contributed by atoms with van der Waals surface area (Å²) < 4.78 is 17.4. The lowest BCUT2D eigenvalue weighted by Gasteiger charge is -2.29. The summed E-state index contributed by atoms with van der Waals surface area (Å²) in [5, 5.41) is 4.15. The van der Waals surface area contributed by atoms with Gasteiger partial charge in [0.2, 0.25) is 0 Å². The molecule has 1 saturated carbocycles. The van der Waals surface area contributed by atoms with Crippen molar-refractivity contribution in [1.82, 2.24) is 4.90 Å². The normalized spacial score (nSPS) is 17.9. The van der Waals surface area contributed by atoms with Gasteiger partial charge in [-0.15, -0.1) is 0 Å². The van der Waals surface area contributed by atoms with Crippen LogP contribution in [0.4, 0.5) is 0 Å². The lowest BCUT2D eigenvalue weighted by atomic mass is 10.1. The van der Waals surface area contributed by atoms with Crippen molar-refractivity contribution in [1.29, 1.82) is 0 Å². The maximum atomic E-state index is 12.6. The van der Waals surface area contributed by atoms with Gasteiger partial charge in [-0.25, -0.2) is 4.79 Å². The number of carbonyl (C=O) groups is 1. The van der Waals surface area contributed by atoms with E-state index in [0.717, 1.165) is 37.2 Å². The van der Waals surface area contributed by atoms with Crippen molar-refractivity contribution in [3.05, 3.63) is 59.7 Å². The van der Waals surface area contributed by atoms with Crippen LogP contribution in [0.15, 0.2) is 53.7 Å². The monoisotopic (exact) mass is 480 g/mol. The number of ether oxygens (including phenoxy) is 3. The fourth-order valence-corrected chi connectivity index (χ4v) is 4.62. The summed E-state index contributed by atoms with van der Waals surface area (Å²) in [6, 6.07) is 14.8. The van der Waals surface area contributed by atoms with Crippen LogP contribution in [0.2, 0.25) is 0 Å². The molecule has 0 amide bonds. The summed E-state index contributed by atoms with van der Waals surface area (Å²) in [5.41, 5.74) is 1.39. The van der Waals surface area contributed by atoms with Crippen LogP contribution < -0.4 is 9.47 Å². The van der Waals surface area contributed by atoms with Gasteiger partial charge >= 0.3 is 5.97 Å². The second kappa shape index (κ2) is 13.1. The molecule has 2 aliphatic rings. The number of hydrogen-bond acceptors (Lipinski definition) is 7. The molecule has 1 heterocycles. The van der Waals surface area contributed by atoms with Gasteiger partial charge in [-0.05, 0) is 81.9 Å². The van der Waals surface area contributed by atoms with E-state index in [1.165, 1.54) is 32.1 Å². The second-order valence-corrected chi connectivity index (χ2v) is 9.22. The highest BCUT2D eigenvalue weighted by Crippen LogP contribution is 2.32. The van der Waals surface area contributed by atoms with Gasteiger partial charge in [0.25, 0.3) is 0 Å². The van der Waals surface area contributed by atoms with Gasteiger partial charge in [-0.1, -0.05) is 29.8 Å². The Bertz CT molecular complexity index is 953. The highest BCUT2D eigenvalue weighted by Gasteiger charge is 2.22. The standard InChI is InChI=1S/C28H36N2O5/c1-32-26-15-14-22(18-27(26)34-24-12-6-7-13-24)19-29-33-21-25(20-30-16-8-3-9-17-30)35-28(31)23-10-4-2-5-11-23/h2,4-5,10-11,14-15,18-19,24-25H,3,6-9,12-13,16-17,20-21H2,1H3/b29-19+. The molecule has 0 aromatic heterocycles. The predicted molar refractivity (Wildman–Crippen MR) is 135 cm³/mol. The van der Waals surface area contributed by atoms with Crippen LogP contribution in [-0.2, 0) is 9.57 Å². The zero-order valence-electron chi connectivity index (χ0n) is 20.6. The molecule has 1 atom stereocenters. The number of methoxy groups -OCH3 is 1. The van der Waals surface area contributed by atoms with E-state index >= 15 is 0 Å². The Hall–Kier alpha value is -3.06. The Balaban J connectivity index is 1.35. The van der Waals surface area contributed by atoms with Crippen LogP contribution >= 0.6 is 0 Å². The van der Waals surface area contributed by atoms with Gasteiger partial charge in [0, 0.05) is 12.1 Å². The first-order valence-electron chi connectivity index (χ1n) is 12.7. The van der Waals surface area contributed by atoms with Crippen LogP contribution in [0.1, 0.15) is 60.9 Å². The van der Waals surface area contributed by atoms with Gasteiger partial charge in [0.15, 0.2) is 24.2 Å². The Morgan fingerprint density at radius 1 is 1.03 bits per heavy atom. The fraction of sp³-hybridized carbons (Fsp3) is 0.500. The van der Waals surface area contributed by atoms with Crippen LogP contribution in [0.5, 0.6) is 11.5 Å². The van der Waals surface area contributed by atoms with Crippen LogP contribution in [-0.4, -0.2) is 62.6 Å². The third-order valence-electron chi connectivity index (χ3n) is 6.51. The van der Waals surface area contributed by atoms with Crippen molar-refractivity contribution in [2.24, 2.45) is 5.16 Å². The Morgan fingerprint density at radius 2 is 1.80 bits per heavy atom. The minimum atomic E-state index is -0.407. The van der Waals surface area contributed by atoms with E-state index in [1.54, 1.807) is 25.5 Å². The number of nitrogens with zero attached hydrogens (tertiary/aromatic N) is 2. The molecule has 2 aromatic rings. The molecule has 7 nitrogen and oxygen atoms in total. The number of carbonyl (C=O) groups excluding carboxylic acids is 1. The molecule has 4 rings (SSSR count). The zero-order valence-corrected chi connectivity index (χ0v) is 20.6. The Kier molecular flexibility index (Phi) is 9.40. The van der Waals surface area contributed by atoms with Gasteiger partial charge in [0.05, 0.1) is 25.0 Å². The number of rotatable bonds is 11. The van der Waals surface area contributed by atoms with Crippen molar-refractivity contribution >= 4 is 12.2 Å². The second-order valence-electron chi connectivity index (χ2n) is 9.22. The van der Waals surface area contributed by atoms with Gasteiger partial charge in [-0.3, -0.25) is 4.90 Å². The van der Waals surface area contributed by atoms with E-state index in [9.17, 15) is 4.79 Å². The molecule has 1 aliphatic heterocycles. The van der Waals surface area contributed by atoms with Crippen molar-refractivity contribution in [3.8, 4) is 11.5 Å². The largest absolute Gasteiger partial charge is 0.493 e. The smallest absolute Gasteiger partial charge is 0.338 e. The lowest BCUT2D eigenvalue weighted by Crippen LogP contribution is -2.40. The molecular weight excluding hydrogens is 444 g/mol. The summed E-state index contributed by atoms with van der Waals surface area (Å²) in [6.07, 6.45) is 9.62. The topological polar surface area (TPSA) is 69.6 Å². The molecule has 0 N–H and O–H groups in total. The number of piperidine rings is 1. The molecular formula is C28H36N2O5. The number of likely N-dealkylation sites (tertiary alicyclic amines) is 1. The highest BCUT2D eigenvalue weighted by atomic mass is 16.6. The first-order valence-corrected chi connectivity index (χ1v) is 12.7. The maximum absolute atomic E-state index is 12.6. The van der Waals surface area contributed by atoms with Gasteiger partial charge < -0.3 is 19.0 Å². The first-order chi connectivity index (χ1) is 17.2. The van der Waals surface area contributed by atoms with Crippen LogP contribution in [0.25, 0.3) is 0 Å². The van der Waals surface area contributed by atoms with E-state index in [2.05, 4.69) is 10.1 Å². The number of esters is 1. The fourth-order valence-electron chi connectivity index (χ4n) is 4.62. The quantitative estimate of drug-likeness (QED) is 0.254. The van der Waals surface area contributed by atoms with Crippen LogP contribution in [0.3, 0.4) is 0 Å². The average molecular weight is 481 g/mol. The van der Waals surface area contributed by atoms with Crippen LogP contribution in [0, 0.1) is 0 Å². The zero-order chi connectivity index (χ0) is 24.3. The molecule has 188 valence electrons. The first kappa shape index (κ1) is 25.0. The summed E-state index contributed by atoms with van der Waals surface area (Å²) >= 11 is 0. The predicted octanol–water partition coefficient (Wildman–Crippen LogP) is 5.08. The lowest BCUT2D eigenvalue weighted by molar-refractivity contribution is -0.0168. The SMILES string of the molecule is COc1ccc(/C=N/OCC(CN2CCCCC2)OC(=O)c2ccccc2)cc1OC1CCCC1. The van der Waals surface area contributed by atoms with E-state index in [4.69, 9.17) is 19.0 Å². The molecule has 7 heteroatoms. The summed E-state index contributed by atoms with van der Waals surface area (Å²) in [6.45, 7) is 2.85. The minimum absolute atomic E-state index is 0.188. The third kappa shape index (κ3) is 7.72. The van der Waals surface area contributed by atoms with E-state index in [0.29, 0.717) is 17.9 Å². The number of benzene rings is 2. The number of hydrogen-bond donors (Lipinski definition) is 0. The molecule has 1 aliphatic carbocycles. The molecule has 1 unspecified atom stereocenters. The summed E-state index contributed by atoms with van der Waals surface area (Å²) in [7, 11) is 1.65. The third-order valence-corrected chi connectivity index (χ3v) is 6.51. The molecule has 2 aromatic carbocycles. The van der Waals surface area contributed by atoms with Crippen molar-refractivity contribution in [2.45, 2.75) is 57.2 Å². The van der Waals surface area contributed by atoms with Crippen molar-refractivity contribution in [3.63, 3.8) is 0 Å². The minimum Gasteiger partial charge on any atom is -0.493 e. The highest BCUT2D eigenvalue weighted by molar-refractivity contribution is 5.89. The van der Waals surface area contributed by atoms with Gasteiger partial charge in [-0.2, -0.15) is 0 Å². The van der Waals surface area contributed by atoms with E-state index < -0.39 is 6.10 Å². The summed E-state index contributed by atoms with van der Waals surface area (Å²) in [4.78, 5) is 20.6. The van der Waals surface area contributed by atoms with Crippen molar-refractivity contribution in [2.75, 3.05) is 33.4 Å².